The van der Waals surface area contributed by atoms with Gasteiger partial charge in [0.2, 0.25) is 0 Å². The van der Waals surface area contributed by atoms with Crippen molar-refractivity contribution in [3.8, 4) is 11.4 Å². The molecule has 1 amide bonds. The van der Waals surface area contributed by atoms with Crippen molar-refractivity contribution in [2.75, 3.05) is 13.1 Å². The summed E-state index contributed by atoms with van der Waals surface area (Å²) in [6, 6.07) is 8.80. The number of carbonyl (C=O) groups excluding carboxylic acids is 1. The number of benzene rings is 1. The number of likely N-dealkylation sites (tertiary alicyclic amines) is 1. The molecule has 0 bridgehead atoms. The Hall–Kier alpha value is -3.49. The summed E-state index contributed by atoms with van der Waals surface area (Å²) in [7, 11) is 1.85. The van der Waals surface area contributed by atoms with Crippen LogP contribution in [0.5, 0.6) is 0 Å². The minimum atomic E-state index is -2.69. The molecule has 4 aromatic rings. The molecule has 5 rings (SSSR count). The maximum absolute atomic E-state index is 13.4. The van der Waals surface area contributed by atoms with E-state index in [1.54, 1.807) is 35.3 Å². The van der Waals surface area contributed by atoms with Crippen LogP contribution >= 0.6 is 0 Å². The molecule has 0 saturated carbocycles. The topological polar surface area (TPSA) is 76.8 Å². The summed E-state index contributed by atoms with van der Waals surface area (Å²) in [5.74, 6) is -2.96. The van der Waals surface area contributed by atoms with E-state index in [9.17, 15) is 13.6 Å². The average molecular weight is 408 g/mol. The normalized spacial score (nSPS) is 16.3. The van der Waals surface area contributed by atoms with Gasteiger partial charge in [0.15, 0.2) is 0 Å². The van der Waals surface area contributed by atoms with E-state index < -0.39 is 5.92 Å². The van der Waals surface area contributed by atoms with Gasteiger partial charge in [0.05, 0.1) is 34.6 Å². The van der Waals surface area contributed by atoms with Crippen LogP contribution in [-0.4, -0.2) is 54.6 Å². The Balaban J connectivity index is 1.47. The Morgan fingerprint density at radius 2 is 1.73 bits per heavy atom. The molecule has 0 spiro atoms. The van der Waals surface area contributed by atoms with Gasteiger partial charge in [0.1, 0.15) is 11.2 Å². The smallest absolute Gasteiger partial charge is 0.253 e. The highest BCUT2D eigenvalue weighted by Gasteiger charge is 2.35. The molecule has 4 heterocycles. The fourth-order valence-electron chi connectivity index (χ4n) is 3.67. The first-order valence-electron chi connectivity index (χ1n) is 9.63. The molecule has 1 aliphatic rings. The summed E-state index contributed by atoms with van der Waals surface area (Å²) in [5, 5.41) is 4.19. The SMILES string of the molecule is Cn1ncc2nc(-c3cnc4ccc(C(=O)N5CCC(F)(F)CC5)cc4n3)ccc21. The van der Waals surface area contributed by atoms with Crippen LogP contribution in [0, 0.1) is 0 Å². The van der Waals surface area contributed by atoms with E-state index in [2.05, 4.69) is 20.1 Å². The maximum atomic E-state index is 13.4. The number of pyridine rings is 1. The zero-order valence-electron chi connectivity index (χ0n) is 16.2. The molecule has 0 radical (unpaired) electrons. The fourth-order valence-corrected chi connectivity index (χ4v) is 3.67. The van der Waals surface area contributed by atoms with Crippen LogP contribution in [0.15, 0.2) is 42.7 Å². The number of amides is 1. The van der Waals surface area contributed by atoms with Crippen LogP contribution < -0.4 is 0 Å². The van der Waals surface area contributed by atoms with Crippen LogP contribution in [0.2, 0.25) is 0 Å². The van der Waals surface area contributed by atoms with Crippen molar-refractivity contribution >= 4 is 28.0 Å². The van der Waals surface area contributed by atoms with E-state index >= 15 is 0 Å². The van der Waals surface area contributed by atoms with Gasteiger partial charge in [0.25, 0.3) is 11.8 Å². The van der Waals surface area contributed by atoms with Crippen molar-refractivity contribution in [3.05, 3.63) is 48.3 Å². The number of aromatic nitrogens is 5. The number of alkyl halides is 2. The lowest BCUT2D eigenvalue weighted by Crippen LogP contribution is -2.42. The van der Waals surface area contributed by atoms with Gasteiger partial charge in [-0.15, -0.1) is 0 Å². The standard InChI is InChI=1S/C21H18F2N6O/c1-28-19-5-4-15(26-18(19)12-25-28)17-11-24-14-3-2-13(10-16(14)27-17)20(30)29-8-6-21(22,23)7-9-29/h2-5,10-12H,6-9H2,1H3. The molecule has 9 heteroatoms. The minimum Gasteiger partial charge on any atom is -0.338 e. The number of carbonyl (C=O) groups is 1. The molecule has 1 saturated heterocycles. The molecular weight excluding hydrogens is 390 g/mol. The van der Waals surface area contributed by atoms with Crippen LogP contribution in [0.25, 0.3) is 33.5 Å². The molecule has 0 aliphatic carbocycles. The highest BCUT2D eigenvalue weighted by atomic mass is 19.3. The van der Waals surface area contributed by atoms with Crippen LogP contribution in [0.1, 0.15) is 23.2 Å². The van der Waals surface area contributed by atoms with Crippen molar-refractivity contribution in [3.63, 3.8) is 0 Å². The largest absolute Gasteiger partial charge is 0.338 e. The molecule has 7 nitrogen and oxygen atoms in total. The molecule has 0 unspecified atom stereocenters. The third-order valence-electron chi connectivity index (χ3n) is 5.44. The number of fused-ring (bicyclic) bond motifs is 2. The number of halogens is 2. The fraction of sp³-hybridized carbons (Fsp3) is 0.286. The van der Waals surface area contributed by atoms with E-state index in [1.165, 1.54) is 4.90 Å². The molecule has 1 aliphatic heterocycles. The predicted octanol–water partition coefficient (Wildman–Crippen LogP) is 3.45. The number of aryl methyl sites for hydroxylation is 1. The Morgan fingerprint density at radius 1 is 0.967 bits per heavy atom. The van der Waals surface area contributed by atoms with Crippen molar-refractivity contribution in [1.82, 2.24) is 29.6 Å². The molecule has 0 atom stereocenters. The number of hydrogen-bond donors (Lipinski definition) is 0. The lowest BCUT2D eigenvalue weighted by Gasteiger charge is -2.31. The van der Waals surface area contributed by atoms with E-state index in [-0.39, 0.29) is 31.8 Å². The Bertz CT molecular complexity index is 1280. The van der Waals surface area contributed by atoms with Crippen molar-refractivity contribution in [2.24, 2.45) is 7.05 Å². The van der Waals surface area contributed by atoms with Crippen LogP contribution in [-0.2, 0) is 7.05 Å². The molecule has 1 aromatic carbocycles. The van der Waals surface area contributed by atoms with Gasteiger partial charge >= 0.3 is 0 Å². The maximum Gasteiger partial charge on any atom is 0.253 e. The van der Waals surface area contributed by atoms with Gasteiger partial charge in [-0.1, -0.05) is 0 Å². The monoisotopic (exact) mass is 408 g/mol. The molecular formula is C21H18F2N6O. The highest BCUT2D eigenvalue weighted by molar-refractivity contribution is 5.97. The summed E-state index contributed by atoms with van der Waals surface area (Å²) in [6.45, 7) is 0.0925. The zero-order chi connectivity index (χ0) is 20.9. The molecule has 30 heavy (non-hydrogen) atoms. The second kappa shape index (κ2) is 6.79. The third kappa shape index (κ3) is 3.26. The average Bonchev–Trinajstić information content (AvgIpc) is 3.12. The molecule has 152 valence electrons. The minimum absolute atomic E-state index is 0.0463. The molecule has 0 N–H and O–H groups in total. The lowest BCUT2D eigenvalue weighted by molar-refractivity contribution is -0.0494. The van der Waals surface area contributed by atoms with Gasteiger partial charge in [-0.05, 0) is 30.3 Å². The number of piperidine rings is 1. The quantitative estimate of drug-likeness (QED) is 0.508. The Labute approximate surface area is 170 Å². The second-order valence-corrected chi connectivity index (χ2v) is 7.48. The van der Waals surface area contributed by atoms with E-state index in [0.29, 0.717) is 28.0 Å². The van der Waals surface area contributed by atoms with Gasteiger partial charge in [-0.2, -0.15) is 5.10 Å². The van der Waals surface area contributed by atoms with E-state index in [4.69, 9.17) is 0 Å². The summed E-state index contributed by atoms with van der Waals surface area (Å²) < 4.78 is 28.5. The van der Waals surface area contributed by atoms with Crippen molar-refractivity contribution in [2.45, 2.75) is 18.8 Å². The second-order valence-electron chi connectivity index (χ2n) is 7.48. The van der Waals surface area contributed by atoms with Gasteiger partial charge in [-0.3, -0.25) is 14.5 Å². The number of nitrogens with zero attached hydrogens (tertiary/aromatic N) is 6. The summed E-state index contributed by atoms with van der Waals surface area (Å²) in [6.07, 6.45) is 2.71. The van der Waals surface area contributed by atoms with Gasteiger partial charge < -0.3 is 4.90 Å². The zero-order valence-corrected chi connectivity index (χ0v) is 16.2. The first-order valence-corrected chi connectivity index (χ1v) is 9.63. The molecule has 1 fully saturated rings. The van der Waals surface area contributed by atoms with Crippen LogP contribution in [0.4, 0.5) is 8.78 Å². The summed E-state index contributed by atoms with van der Waals surface area (Å²) in [5.41, 5.74) is 4.50. The Kier molecular flexibility index (Phi) is 4.19. The first-order chi connectivity index (χ1) is 14.4. The van der Waals surface area contributed by atoms with Gasteiger partial charge in [0, 0.05) is 38.5 Å². The summed E-state index contributed by atoms with van der Waals surface area (Å²) >= 11 is 0. The van der Waals surface area contributed by atoms with E-state index in [1.807, 2.05) is 19.2 Å². The third-order valence-corrected chi connectivity index (χ3v) is 5.44. The number of rotatable bonds is 2. The Morgan fingerprint density at radius 3 is 2.53 bits per heavy atom. The van der Waals surface area contributed by atoms with E-state index in [0.717, 1.165) is 11.0 Å². The first kappa shape index (κ1) is 18.5. The number of hydrogen-bond acceptors (Lipinski definition) is 5. The summed E-state index contributed by atoms with van der Waals surface area (Å²) in [4.78, 5) is 27.9. The van der Waals surface area contributed by atoms with Gasteiger partial charge in [-0.25, -0.2) is 18.7 Å². The predicted molar refractivity (Wildman–Crippen MR) is 107 cm³/mol. The van der Waals surface area contributed by atoms with Crippen molar-refractivity contribution in [1.29, 1.82) is 0 Å². The highest BCUT2D eigenvalue weighted by Crippen LogP contribution is 2.29. The van der Waals surface area contributed by atoms with Crippen LogP contribution in [0.3, 0.4) is 0 Å². The van der Waals surface area contributed by atoms with Crippen molar-refractivity contribution < 1.29 is 13.6 Å². The lowest BCUT2D eigenvalue weighted by atomic mass is 10.1. The molecule has 3 aromatic heterocycles.